The molecule has 0 bridgehead atoms. The number of hydrogen-bond acceptors (Lipinski definition) is 2. The molecule has 1 unspecified atom stereocenters. The van der Waals surface area contributed by atoms with Gasteiger partial charge in [-0.15, -0.1) is 0 Å². The maximum absolute atomic E-state index is 12.0. The molecule has 1 heterocycles. The summed E-state index contributed by atoms with van der Waals surface area (Å²) in [4.78, 5) is 13.7. The summed E-state index contributed by atoms with van der Waals surface area (Å²) in [6.07, 6.45) is 0.639. The zero-order valence-electron chi connectivity index (χ0n) is 15.7. The van der Waals surface area contributed by atoms with Crippen LogP contribution >= 0.6 is 7.26 Å². The van der Waals surface area contributed by atoms with E-state index in [0.717, 1.165) is 6.16 Å². The molecule has 0 aromatic heterocycles. The first-order chi connectivity index (χ1) is 13.2. The minimum absolute atomic E-state index is 0. The van der Waals surface area contributed by atoms with Gasteiger partial charge in [0.05, 0.1) is 6.16 Å². The number of cyclic esters (lactones) is 1. The van der Waals surface area contributed by atoms with Gasteiger partial charge in [0, 0.05) is 7.05 Å². The highest BCUT2D eigenvalue weighted by molar-refractivity contribution is 7.95. The van der Waals surface area contributed by atoms with Gasteiger partial charge in [0.15, 0.2) is 0 Å². The van der Waals surface area contributed by atoms with Crippen LogP contribution in [-0.2, 0) is 4.74 Å². The Bertz CT molecular complexity index is 809. The molecule has 4 rings (SSSR count). The first kappa shape index (κ1) is 20.8. The van der Waals surface area contributed by atoms with E-state index in [-0.39, 0.29) is 36.1 Å². The molecular weight excluding hydrogens is 480 g/mol. The van der Waals surface area contributed by atoms with E-state index >= 15 is 0 Å². The van der Waals surface area contributed by atoms with Crippen LogP contribution in [0.5, 0.6) is 0 Å². The van der Waals surface area contributed by atoms with Crippen LogP contribution in [0.15, 0.2) is 91.0 Å². The normalized spacial score (nSPS) is 16.4. The molecule has 144 valence electrons. The quantitative estimate of drug-likeness (QED) is 0.374. The molecule has 1 fully saturated rings. The second kappa shape index (κ2) is 9.06. The zero-order chi connectivity index (χ0) is 18.7. The first-order valence-electron chi connectivity index (χ1n) is 9.16. The third-order valence-electron chi connectivity index (χ3n) is 5.31. The van der Waals surface area contributed by atoms with Gasteiger partial charge < -0.3 is 33.6 Å². The van der Waals surface area contributed by atoms with Gasteiger partial charge in [-0.2, -0.15) is 0 Å². The lowest BCUT2D eigenvalue weighted by Crippen LogP contribution is -3.00. The molecule has 1 aliphatic rings. The topological polar surface area (TPSA) is 29.5 Å². The van der Waals surface area contributed by atoms with E-state index in [9.17, 15) is 4.79 Å². The predicted molar refractivity (Wildman–Crippen MR) is 113 cm³/mol. The second-order valence-corrected chi connectivity index (χ2v) is 10.4. The maximum Gasteiger partial charge on any atom is 0.410 e. The van der Waals surface area contributed by atoms with E-state index < -0.39 is 7.26 Å². The molecule has 3 aromatic rings. The second-order valence-electron chi connectivity index (χ2n) is 6.84. The van der Waals surface area contributed by atoms with Gasteiger partial charge >= 0.3 is 6.09 Å². The van der Waals surface area contributed by atoms with Crippen molar-refractivity contribution in [3.63, 3.8) is 0 Å². The van der Waals surface area contributed by atoms with E-state index in [4.69, 9.17) is 4.74 Å². The molecule has 1 atom stereocenters. The molecule has 1 aliphatic heterocycles. The average molecular weight is 503 g/mol. The van der Waals surface area contributed by atoms with E-state index in [1.807, 2.05) is 7.05 Å². The smallest absolute Gasteiger partial charge is 0.410 e. The standard InChI is InChI=1S/C23H23NO2P.HI/c1-24-19(17-26-23(24)25)18-27(20-11-5-2-6-12-20,21-13-7-3-8-14-21)22-15-9-4-10-16-22;/h2-16,19H,17-18H2,1H3;1H/q+1;/p-1. The molecule has 0 N–H and O–H groups in total. The minimum atomic E-state index is -1.94. The Morgan fingerprint density at radius 2 is 1.21 bits per heavy atom. The zero-order valence-corrected chi connectivity index (χ0v) is 18.8. The van der Waals surface area contributed by atoms with E-state index in [2.05, 4.69) is 91.0 Å². The number of likely N-dealkylation sites (N-methyl/N-ethyl adjacent to an activating group) is 1. The molecule has 3 nitrogen and oxygen atoms in total. The van der Waals surface area contributed by atoms with Crippen molar-refractivity contribution in [2.45, 2.75) is 6.04 Å². The number of amides is 1. The molecule has 0 radical (unpaired) electrons. The summed E-state index contributed by atoms with van der Waals surface area (Å²) < 4.78 is 5.34. The number of rotatable bonds is 5. The molecule has 1 saturated heterocycles. The molecule has 0 saturated carbocycles. The Kier molecular flexibility index (Phi) is 6.73. The van der Waals surface area contributed by atoms with E-state index in [1.165, 1.54) is 15.9 Å². The fourth-order valence-corrected chi connectivity index (χ4v) is 8.39. The lowest BCUT2D eigenvalue weighted by Gasteiger charge is -2.30. The summed E-state index contributed by atoms with van der Waals surface area (Å²) in [6.45, 7) is 0.448. The van der Waals surface area contributed by atoms with Crippen LogP contribution < -0.4 is 39.9 Å². The summed E-state index contributed by atoms with van der Waals surface area (Å²) in [5, 5.41) is 3.99. The Labute approximate surface area is 184 Å². The van der Waals surface area contributed by atoms with Crippen molar-refractivity contribution >= 4 is 29.3 Å². The largest absolute Gasteiger partial charge is 1.00 e. The van der Waals surface area contributed by atoms with Gasteiger partial charge in [-0.05, 0) is 36.4 Å². The number of carbonyl (C=O) groups excluding carboxylic acids is 1. The van der Waals surface area contributed by atoms with Crippen molar-refractivity contribution < 1.29 is 33.5 Å². The van der Waals surface area contributed by atoms with Crippen LogP contribution in [0.2, 0.25) is 0 Å². The number of hydrogen-bond donors (Lipinski definition) is 0. The monoisotopic (exact) mass is 503 g/mol. The van der Waals surface area contributed by atoms with Crippen LogP contribution in [0.1, 0.15) is 0 Å². The van der Waals surface area contributed by atoms with Crippen LogP contribution in [0.3, 0.4) is 0 Å². The van der Waals surface area contributed by atoms with Gasteiger partial charge in [-0.3, -0.25) is 0 Å². The third-order valence-corrected chi connectivity index (χ3v) is 9.82. The number of nitrogens with zero attached hydrogens (tertiary/aromatic N) is 1. The van der Waals surface area contributed by atoms with E-state index in [0.29, 0.717) is 6.61 Å². The molecule has 3 aromatic carbocycles. The maximum atomic E-state index is 12.0. The number of halogens is 1. The fraction of sp³-hybridized carbons (Fsp3) is 0.174. The number of ether oxygens (including phenoxy) is 1. The Balaban J connectivity index is 0.00000225. The van der Waals surface area contributed by atoms with Crippen LogP contribution in [0, 0.1) is 0 Å². The van der Waals surface area contributed by atoms with Crippen molar-refractivity contribution in [2.24, 2.45) is 0 Å². The first-order valence-corrected chi connectivity index (χ1v) is 11.1. The van der Waals surface area contributed by atoms with Crippen LogP contribution in [0.4, 0.5) is 4.79 Å². The lowest BCUT2D eigenvalue weighted by atomic mass is 10.3. The number of benzene rings is 3. The highest BCUT2D eigenvalue weighted by atomic mass is 127. The molecule has 0 spiro atoms. The highest BCUT2D eigenvalue weighted by Gasteiger charge is 2.49. The lowest BCUT2D eigenvalue weighted by molar-refractivity contribution is -0.0000107. The van der Waals surface area contributed by atoms with Crippen LogP contribution in [0.25, 0.3) is 0 Å². The van der Waals surface area contributed by atoms with Crippen molar-refractivity contribution in [2.75, 3.05) is 19.8 Å². The Morgan fingerprint density at radius 3 is 1.54 bits per heavy atom. The summed E-state index contributed by atoms with van der Waals surface area (Å²) in [6, 6.07) is 32.2. The van der Waals surface area contributed by atoms with Crippen molar-refractivity contribution in [1.29, 1.82) is 0 Å². The number of carbonyl (C=O) groups is 1. The van der Waals surface area contributed by atoms with Crippen molar-refractivity contribution in [3.05, 3.63) is 91.0 Å². The molecule has 5 heteroatoms. The fourth-order valence-electron chi connectivity index (χ4n) is 3.83. The van der Waals surface area contributed by atoms with Gasteiger partial charge in [0.25, 0.3) is 0 Å². The third kappa shape index (κ3) is 3.81. The Hall–Kier alpha value is -1.91. The average Bonchev–Trinajstić information content (AvgIpc) is 3.06. The molecule has 1 amide bonds. The van der Waals surface area contributed by atoms with Crippen LogP contribution in [-0.4, -0.2) is 36.9 Å². The summed E-state index contributed by atoms with van der Waals surface area (Å²) in [7, 11) is -0.0973. The van der Waals surface area contributed by atoms with Gasteiger partial charge in [-0.25, -0.2) is 4.79 Å². The Morgan fingerprint density at radius 1 is 0.821 bits per heavy atom. The summed E-state index contributed by atoms with van der Waals surface area (Å²) in [5.74, 6) is 0. The molecule has 0 aliphatic carbocycles. The molecular formula is C23H23INO2P. The van der Waals surface area contributed by atoms with Gasteiger partial charge in [0.1, 0.15) is 35.8 Å². The van der Waals surface area contributed by atoms with Crippen molar-refractivity contribution in [1.82, 2.24) is 4.90 Å². The highest BCUT2D eigenvalue weighted by Crippen LogP contribution is 2.56. The van der Waals surface area contributed by atoms with Gasteiger partial charge in [0.2, 0.25) is 0 Å². The molecule has 28 heavy (non-hydrogen) atoms. The van der Waals surface area contributed by atoms with E-state index in [1.54, 1.807) is 4.90 Å². The summed E-state index contributed by atoms with van der Waals surface area (Å²) in [5.41, 5.74) is 0. The van der Waals surface area contributed by atoms with Crippen molar-refractivity contribution in [3.8, 4) is 0 Å². The van der Waals surface area contributed by atoms with Gasteiger partial charge in [-0.1, -0.05) is 54.6 Å². The minimum Gasteiger partial charge on any atom is -1.00 e. The summed E-state index contributed by atoms with van der Waals surface area (Å²) >= 11 is 0. The predicted octanol–water partition coefficient (Wildman–Crippen LogP) is 0.435. The SMILES string of the molecule is CN1C(=O)OCC1C[P+](c1ccccc1)(c1ccccc1)c1ccccc1.[I-].